The van der Waals surface area contributed by atoms with Crippen LogP contribution >= 0.6 is 11.3 Å². The first kappa shape index (κ1) is 14.0. The van der Waals surface area contributed by atoms with Crippen LogP contribution in [-0.2, 0) is 0 Å². The van der Waals surface area contributed by atoms with Gasteiger partial charge in [0.15, 0.2) is 11.6 Å². The highest BCUT2D eigenvalue weighted by molar-refractivity contribution is 7.10. The van der Waals surface area contributed by atoms with E-state index in [1.165, 1.54) is 18.1 Å². The lowest BCUT2D eigenvalue weighted by Gasteiger charge is -2.20. The predicted octanol–water partition coefficient (Wildman–Crippen LogP) is 4.31. The van der Waals surface area contributed by atoms with Crippen LogP contribution in [0.15, 0.2) is 35.7 Å². The Morgan fingerprint density at radius 2 is 2.00 bits per heavy atom. The first-order chi connectivity index (χ1) is 9.11. The molecule has 4 heteroatoms. The van der Waals surface area contributed by atoms with Crippen molar-refractivity contribution in [2.24, 2.45) is 0 Å². The van der Waals surface area contributed by atoms with Crippen molar-refractivity contribution >= 4 is 11.3 Å². The summed E-state index contributed by atoms with van der Waals surface area (Å²) >= 11 is 1.73. The molecule has 1 aromatic carbocycles. The average molecular weight is 279 g/mol. The predicted molar refractivity (Wildman–Crippen MR) is 77.2 cm³/mol. The minimum Gasteiger partial charge on any atom is -0.494 e. The summed E-state index contributed by atoms with van der Waals surface area (Å²) in [6.07, 6.45) is 0. The maximum Gasteiger partial charge on any atom is 0.165 e. The number of nitrogens with one attached hydrogen (secondary N) is 1. The fraction of sp³-hybridized carbons (Fsp3) is 0.333. The average Bonchev–Trinajstić information content (AvgIpc) is 2.93. The van der Waals surface area contributed by atoms with Gasteiger partial charge in [0.2, 0.25) is 0 Å². The van der Waals surface area contributed by atoms with Crippen molar-refractivity contribution in [2.45, 2.75) is 25.9 Å². The van der Waals surface area contributed by atoms with Crippen LogP contribution in [0.2, 0.25) is 0 Å². The van der Waals surface area contributed by atoms with Gasteiger partial charge < -0.3 is 10.1 Å². The summed E-state index contributed by atoms with van der Waals surface area (Å²) in [5.74, 6) is -0.0420. The van der Waals surface area contributed by atoms with E-state index in [4.69, 9.17) is 4.74 Å². The molecule has 2 aromatic rings. The lowest BCUT2D eigenvalue weighted by molar-refractivity contribution is 0.384. The summed E-state index contributed by atoms with van der Waals surface area (Å²) in [4.78, 5) is 1.29. The van der Waals surface area contributed by atoms with Gasteiger partial charge in [0.05, 0.1) is 7.11 Å². The van der Waals surface area contributed by atoms with Gasteiger partial charge in [0, 0.05) is 17.0 Å². The SMILES string of the molecule is COc1cc(C(C)NC(C)c2cccs2)ccc1F. The van der Waals surface area contributed by atoms with Gasteiger partial charge in [0.1, 0.15) is 0 Å². The molecule has 0 aliphatic heterocycles. The van der Waals surface area contributed by atoms with Crippen LogP contribution in [0.3, 0.4) is 0 Å². The normalized spacial score (nSPS) is 14.1. The number of ether oxygens (including phenoxy) is 1. The zero-order valence-electron chi connectivity index (χ0n) is 11.3. The van der Waals surface area contributed by atoms with E-state index in [0.717, 1.165) is 5.56 Å². The first-order valence-electron chi connectivity index (χ1n) is 6.24. The number of hydrogen-bond acceptors (Lipinski definition) is 3. The lowest BCUT2D eigenvalue weighted by Crippen LogP contribution is -2.21. The van der Waals surface area contributed by atoms with E-state index >= 15 is 0 Å². The van der Waals surface area contributed by atoms with Crippen molar-refractivity contribution < 1.29 is 9.13 Å². The third-order valence-electron chi connectivity index (χ3n) is 3.15. The monoisotopic (exact) mass is 279 g/mol. The van der Waals surface area contributed by atoms with Crippen LogP contribution in [0.25, 0.3) is 0 Å². The van der Waals surface area contributed by atoms with Gasteiger partial charge in [-0.2, -0.15) is 0 Å². The number of hydrogen-bond donors (Lipinski definition) is 1. The quantitative estimate of drug-likeness (QED) is 0.880. The highest BCUT2D eigenvalue weighted by Gasteiger charge is 2.13. The van der Waals surface area contributed by atoms with E-state index in [-0.39, 0.29) is 23.7 Å². The number of rotatable bonds is 5. The maximum atomic E-state index is 13.4. The molecule has 0 radical (unpaired) electrons. The molecule has 0 amide bonds. The molecule has 0 aliphatic rings. The zero-order valence-corrected chi connectivity index (χ0v) is 12.1. The molecule has 2 atom stereocenters. The number of benzene rings is 1. The van der Waals surface area contributed by atoms with E-state index in [9.17, 15) is 4.39 Å². The molecule has 1 aromatic heterocycles. The Hall–Kier alpha value is -1.39. The molecule has 0 saturated carbocycles. The molecule has 0 saturated heterocycles. The van der Waals surface area contributed by atoms with Crippen LogP contribution in [-0.4, -0.2) is 7.11 Å². The minimum atomic E-state index is -0.329. The van der Waals surface area contributed by atoms with E-state index in [0.29, 0.717) is 0 Å². The standard InChI is InChI=1S/C15H18FNOS/c1-10(17-11(2)15-5-4-8-19-15)12-6-7-13(16)14(9-12)18-3/h4-11,17H,1-3H3. The number of thiophene rings is 1. The molecule has 0 aliphatic carbocycles. The number of halogens is 1. The van der Waals surface area contributed by atoms with Gasteiger partial charge >= 0.3 is 0 Å². The summed E-state index contributed by atoms with van der Waals surface area (Å²) < 4.78 is 18.4. The molecule has 2 nitrogen and oxygen atoms in total. The minimum absolute atomic E-state index is 0.131. The molecule has 0 fully saturated rings. The van der Waals surface area contributed by atoms with Crippen molar-refractivity contribution in [2.75, 3.05) is 7.11 Å². The Kier molecular flexibility index (Phi) is 4.56. The first-order valence-corrected chi connectivity index (χ1v) is 7.12. The van der Waals surface area contributed by atoms with Crippen LogP contribution in [0, 0.1) is 5.82 Å². The van der Waals surface area contributed by atoms with Gasteiger partial charge in [0.25, 0.3) is 0 Å². The molecule has 2 rings (SSSR count). The van der Waals surface area contributed by atoms with E-state index in [1.54, 1.807) is 23.5 Å². The van der Waals surface area contributed by atoms with Gasteiger partial charge in [-0.3, -0.25) is 0 Å². The van der Waals surface area contributed by atoms with Gasteiger partial charge in [-0.15, -0.1) is 11.3 Å². The smallest absolute Gasteiger partial charge is 0.165 e. The summed E-state index contributed by atoms with van der Waals surface area (Å²) in [6.45, 7) is 4.19. The van der Waals surface area contributed by atoms with Crippen LogP contribution in [0.1, 0.15) is 36.4 Å². The Bertz CT molecular complexity index is 527. The summed E-state index contributed by atoms with van der Waals surface area (Å²) in [6, 6.07) is 9.54. The molecule has 102 valence electrons. The molecule has 0 bridgehead atoms. The van der Waals surface area contributed by atoms with Crippen LogP contribution in [0.4, 0.5) is 4.39 Å². The maximum absolute atomic E-state index is 13.4. The summed E-state index contributed by atoms with van der Waals surface area (Å²) in [5, 5.41) is 5.57. The van der Waals surface area contributed by atoms with Gasteiger partial charge in [-0.05, 0) is 43.0 Å². The highest BCUT2D eigenvalue weighted by Crippen LogP contribution is 2.26. The summed E-state index contributed by atoms with van der Waals surface area (Å²) in [7, 11) is 1.48. The lowest BCUT2D eigenvalue weighted by atomic mass is 10.1. The van der Waals surface area contributed by atoms with E-state index < -0.39 is 0 Å². The topological polar surface area (TPSA) is 21.3 Å². The fourth-order valence-corrected chi connectivity index (χ4v) is 2.78. The second kappa shape index (κ2) is 6.17. The van der Waals surface area contributed by atoms with E-state index in [1.807, 2.05) is 6.07 Å². The van der Waals surface area contributed by atoms with Crippen molar-refractivity contribution in [3.8, 4) is 5.75 Å². The molecular formula is C15H18FNOS. The van der Waals surface area contributed by atoms with Gasteiger partial charge in [-0.1, -0.05) is 12.1 Å². The second-order valence-electron chi connectivity index (χ2n) is 4.52. The number of methoxy groups -OCH3 is 1. The zero-order chi connectivity index (χ0) is 13.8. The molecule has 2 unspecified atom stereocenters. The largest absolute Gasteiger partial charge is 0.494 e. The fourth-order valence-electron chi connectivity index (χ4n) is 2.04. The Morgan fingerprint density at radius 1 is 1.21 bits per heavy atom. The molecular weight excluding hydrogens is 261 g/mol. The molecule has 19 heavy (non-hydrogen) atoms. The van der Waals surface area contributed by atoms with Crippen LogP contribution in [0.5, 0.6) is 5.75 Å². The summed E-state index contributed by atoms with van der Waals surface area (Å²) in [5.41, 5.74) is 1.02. The highest BCUT2D eigenvalue weighted by atomic mass is 32.1. The molecule has 1 heterocycles. The van der Waals surface area contributed by atoms with Crippen LogP contribution < -0.4 is 10.1 Å². The van der Waals surface area contributed by atoms with Crippen molar-refractivity contribution in [1.82, 2.24) is 5.32 Å². The van der Waals surface area contributed by atoms with Gasteiger partial charge in [-0.25, -0.2) is 4.39 Å². The van der Waals surface area contributed by atoms with Crippen molar-refractivity contribution in [3.05, 3.63) is 52.0 Å². The second-order valence-corrected chi connectivity index (χ2v) is 5.50. The van der Waals surface area contributed by atoms with E-state index in [2.05, 4.69) is 30.6 Å². The van der Waals surface area contributed by atoms with Crippen molar-refractivity contribution in [1.29, 1.82) is 0 Å². The third-order valence-corrected chi connectivity index (χ3v) is 4.20. The Morgan fingerprint density at radius 3 is 2.63 bits per heavy atom. The Labute approximate surface area is 117 Å². The third kappa shape index (κ3) is 3.33. The molecule has 0 spiro atoms. The molecule has 1 N–H and O–H groups in total. The van der Waals surface area contributed by atoms with Crippen molar-refractivity contribution in [3.63, 3.8) is 0 Å². The Balaban J connectivity index is 2.09.